The van der Waals surface area contributed by atoms with E-state index in [1.54, 1.807) is 21.0 Å². The molecule has 0 saturated heterocycles. The van der Waals surface area contributed by atoms with Gasteiger partial charge in [-0.1, -0.05) is 90.4 Å². The molecule has 0 aromatic heterocycles. The van der Waals surface area contributed by atoms with Gasteiger partial charge in [-0.25, -0.2) is 5.21 Å². The Hall–Kier alpha value is -0.120. The predicted molar refractivity (Wildman–Crippen MR) is 99.4 cm³/mol. The van der Waals surface area contributed by atoms with E-state index in [0.29, 0.717) is 6.42 Å². The Balaban J connectivity index is 3.25. The molecule has 0 fully saturated rings. The molecule has 0 heterocycles. The van der Waals surface area contributed by atoms with Gasteiger partial charge in [-0.05, 0) is 6.42 Å². The highest BCUT2D eigenvalue weighted by molar-refractivity contribution is 4.59. The van der Waals surface area contributed by atoms with E-state index in [-0.39, 0.29) is 4.65 Å². The molecule has 0 rings (SSSR count). The molecule has 1 atom stereocenters. The molecule has 0 spiro atoms. The van der Waals surface area contributed by atoms with Crippen LogP contribution in [0.3, 0.4) is 0 Å². The Morgan fingerprint density at radius 2 is 0.957 bits per heavy atom. The van der Waals surface area contributed by atoms with Crippen LogP contribution >= 0.6 is 0 Å². The maximum absolute atomic E-state index is 10.2. The highest BCUT2D eigenvalue weighted by atomic mass is 16.6. The zero-order valence-electron chi connectivity index (χ0n) is 16.4. The minimum absolute atomic E-state index is 0.370. The van der Waals surface area contributed by atoms with E-state index in [2.05, 4.69) is 6.92 Å². The molecular weight excluding hydrogens is 286 g/mol. The van der Waals surface area contributed by atoms with Crippen molar-refractivity contribution < 1.29 is 15.0 Å². The van der Waals surface area contributed by atoms with E-state index in [1.807, 2.05) is 0 Å². The maximum Gasteiger partial charge on any atom is 0.227 e. The molecule has 3 heteroatoms. The Kier molecular flexibility index (Phi) is 13.1. The standard InChI is InChI=1S/C20H44NO2/c1-5-6-7-8-9-10-11-12-13-14-15-16-17-18-19-20(2,22)21(3,4)23/h22-23H,5-19H2,1-4H3/q+1. The smallest absolute Gasteiger partial charge is 0.227 e. The van der Waals surface area contributed by atoms with Gasteiger partial charge < -0.3 is 5.11 Å². The highest BCUT2D eigenvalue weighted by Crippen LogP contribution is 2.22. The number of aliphatic hydroxyl groups is 1. The third-order valence-electron chi connectivity index (χ3n) is 5.18. The van der Waals surface area contributed by atoms with Crippen molar-refractivity contribution in [3.05, 3.63) is 0 Å². The van der Waals surface area contributed by atoms with Gasteiger partial charge in [-0.15, -0.1) is 0 Å². The SMILES string of the molecule is CCCCCCCCCCCCCCCCC(C)(O)[N+](C)(C)O. The Bertz CT molecular complexity index is 259. The van der Waals surface area contributed by atoms with E-state index < -0.39 is 5.72 Å². The average molecular weight is 331 g/mol. The summed E-state index contributed by atoms with van der Waals surface area (Å²) in [6, 6.07) is 0. The van der Waals surface area contributed by atoms with Crippen molar-refractivity contribution in [2.24, 2.45) is 0 Å². The van der Waals surface area contributed by atoms with Crippen LogP contribution in [0.5, 0.6) is 0 Å². The van der Waals surface area contributed by atoms with Crippen LogP contribution in [-0.2, 0) is 0 Å². The average Bonchev–Trinajstić information content (AvgIpc) is 2.46. The topological polar surface area (TPSA) is 40.5 Å². The maximum atomic E-state index is 10.2. The van der Waals surface area contributed by atoms with Crippen molar-refractivity contribution in [2.45, 2.75) is 116 Å². The lowest BCUT2D eigenvalue weighted by atomic mass is 10.0. The molecule has 23 heavy (non-hydrogen) atoms. The van der Waals surface area contributed by atoms with Crippen LogP contribution in [0.15, 0.2) is 0 Å². The molecular formula is C20H44NO2+. The Morgan fingerprint density at radius 1 is 0.652 bits per heavy atom. The third kappa shape index (κ3) is 12.9. The van der Waals surface area contributed by atoms with Gasteiger partial charge in [0, 0.05) is 13.3 Å². The fourth-order valence-corrected chi connectivity index (χ4v) is 2.93. The van der Waals surface area contributed by atoms with Gasteiger partial charge in [-0.3, -0.25) is 0 Å². The van der Waals surface area contributed by atoms with E-state index in [0.717, 1.165) is 12.8 Å². The van der Waals surface area contributed by atoms with Crippen LogP contribution in [0.4, 0.5) is 0 Å². The predicted octanol–water partition coefficient (Wildman–Crippen LogP) is 6.03. The van der Waals surface area contributed by atoms with E-state index >= 15 is 0 Å². The first-order valence-electron chi connectivity index (χ1n) is 10.1. The van der Waals surface area contributed by atoms with E-state index in [1.165, 1.54) is 77.0 Å². The van der Waals surface area contributed by atoms with Crippen LogP contribution in [0, 0.1) is 0 Å². The molecule has 2 N–H and O–H groups in total. The molecule has 0 aliphatic rings. The first-order valence-corrected chi connectivity index (χ1v) is 10.1. The highest BCUT2D eigenvalue weighted by Gasteiger charge is 2.37. The first kappa shape index (κ1) is 22.9. The second-order valence-corrected chi connectivity index (χ2v) is 7.96. The number of hydrogen-bond donors (Lipinski definition) is 2. The van der Waals surface area contributed by atoms with Crippen molar-refractivity contribution >= 4 is 0 Å². The van der Waals surface area contributed by atoms with Crippen molar-refractivity contribution in [2.75, 3.05) is 14.1 Å². The number of nitrogens with zero attached hydrogens (tertiary/aromatic N) is 1. The lowest BCUT2D eigenvalue weighted by Gasteiger charge is -2.35. The molecule has 0 radical (unpaired) electrons. The molecule has 140 valence electrons. The van der Waals surface area contributed by atoms with Crippen LogP contribution in [-0.4, -0.2) is 34.8 Å². The first-order chi connectivity index (χ1) is 10.8. The number of rotatable bonds is 16. The van der Waals surface area contributed by atoms with E-state index in [9.17, 15) is 10.3 Å². The molecule has 0 bridgehead atoms. The second kappa shape index (κ2) is 13.2. The van der Waals surface area contributed by atoms with Crippen LogP contribution in [0.25, 0.3) is 0 Å². The summed E-state index contributed by atoms with van der Waals surface area (Å²) in [5, 5.41) is 20.0. The van der Waals surface area contributed by atoms with Gasteiger partial charge in [0.25, 0.3) is 0 Å². The molecule has 1 unspecified atom stereocenters. The number of hydrogen-bond acceptors (Lipinski definition) is 2. The van der Waals surface area contributed by atoms with Gasteiger partial charge >= 0.3 is 0 Å². The minimum Gasteiger partial charge on any atom is -0.340 e. The van der Waals surface area contributed by atoms with Gasteiger partial charge in [0.1, 0.15) is 14.1 Å². The monoisotopic (exact) mass is 330 g/mol. The third-order valence-corrected chi connectivity index (χ3v) is 5.18. The van der Waals surface area contributed by atoms with Crippen LogP contribution < -0.4 is 0 Å². The van der Waals surface area contributed by atoms with Crippen LogP contribution in [0.1, 0.15) is 110 Å². The molecule has 0 aromatic carbocycles. The van der Waals surface area contributed by atoms with Crippen molar-refractivity contribution in [1.29, 1.82) is 0 Å². The van der Waals surface area contributed by atoms with E-state index in [4.69, 9.17) is 0 Å². The van der Waals surface area contributed by atoms with Gasteiger partial charge in [0.15, 0.2) is 0 Å². The summed E-state index contributed by atoms with van der Waals surface area (Å²) in [6.45, 7) is 3.99. The van der Waals surface area contributed by atoms with Crippen molar-refractivity contribution in [3.8, 4) is 0 Å². The summed E-state index contributed by atoms with van der Waals surface area (Å²) in [5.74, 6) is 0. The molecule has 0 saturated carbocycles. The largest absolute Gasteiger partial charge is 0.340 e. The summed E-state index contributed by atoms with van der Waals surface area (Å²) in [6.07, 6.45) is 19.4. The van der Waals surface area contributed by atoms with Gasteiger partial charge in [-0.2, -0.15) is 4.65 Å². The quantitative estimate of drug-likeness (QED) is 0.157. The minimum atomic E-state index is -1.03. The molecule has 0 aliphatic carbocycles. The Morgan fingerprint density at radius 3 is 1.26 bits per heavy atom. The molecule has 0 aromatic rings. The van der Waals surface area contributed by atoms with Crippen molar-refractivity contribution in [1.82, 2.24) is 0 Å². The van der Waals surface area contributed by atoms with Crippen LogP contribution in [0.2, 0.25) is 0 Å². The summed E-state index contributed by atoms with van der Waals surface area (Å²) >= 11 is 0. The summed E-state index contributed by atoms with van der Waals surface area (Å²) in [5.41, 5.74) is -1.03. The fourth-order valence-electron chi connectivity index (χ4n) is 2.93. The zero-order valence-corrected chi connectivity index (χ0v) is 16.4. The fraction of sp³-hybridized carbons (Fsp3) is 1.00. The Labute approximate surface area is 145 Å². The lowest BCUT2D eigenvalue weighted by molar-refractivity contribution is -1.13. The molecule has 0 aliphatic heterocycles. The number of hydroxylamine groups is 3. The summed E-state index contributed by atoms with van der Waals surface area (Å²) in [7, 11) is 3.26. The number of unbranched alkanes of at least 4 members (excludes halogenated alkanes) is 13. The zero-order chi connectivity index (χ0) is 17.6. The van der Waals surface area contributed by atoms with Gasteiger partial charge in [0.2, 0.25) is 5.72 Å². The summed E-state index contributed by atoms with van der Waals surface area (Å²) in [4.78, 5) is 0. The lowest BCUT2D eigenvalue weighted by Crippen LogP contribution is -2.55. The second-order valence-electron chi connectivity index (χ2n) is 7.96. The summed E-state index contributed by atoms with van der Waals surface area (Å²) < 4.78 is -0.370. The van der Waals surface area contributed by atoms with Crippen molar-refractivity contribution in [3.63, 3.8) is 0 Å². The normalized spacial score (nSPS) is 14.9. The molecule has 0 amide bonds. The number of quaternary nitrogens is 1. The molecule has 3 nitrogen and oxygen atoms in total. The van der Waals surface area contributed by atoms with Gasteiger partial charge in [0.05, 0.1) is 0 Å².